The zero-order chi connectivity index (χ0) is 13.7. The molecule has 1 heterocycles. The Morgan fingerprint density at radius 3 is 2.44 bits per heavy atom. The van der Waals surface area contributed by atoms with E-state index in [1.165, 1.54) is 0 Å². The van der Waals surface area contributed by atoms with Gasteiger partial charge < -0.3 is 14.7 Å². The minimum Gasteiger partial charge on any atom is -0.349 e. The van der Waals surface area contributed by atoms with Crippen LogP contribution in [0.25, 0.3) is 0 Å². The van der Waals surface area contributed by atoms with Crippen LogP contribution in [-0.4, -0.2) is 74.4 Å². The van der Waals surface area contributed by atoms with Crippen LogP contribution in [0.4, 0.5) is 0 Å². The summed E-state index contributed by atoms with van der Waals surface area (Å²) in [5.74, 6) is 1.61. The van der Waals surface area contributed by atoms with Crippen molar-refractivity contribution in [2.75, 3.05) is 47.8 Å². The Labute approximate surface area is 110 Å². The molecule has 1 fully saturated rings. The quantitative estimate of drug-likeness (QED) is 0.548. The molecule has 5 heteroatoms. The number of carbonyl (C=O) groups is 1. The topological polar surface area (TPSA) is 39.1 Å². The molecule has 5 nitrogen and oxygen atoms in total. The first-order valence-corrected chi connectivity index (χ1v) is 6.62. The van der Waals surface area contributed by atoms with Gasteiger partial charge in [-0.25, -0.2) is 0 Å². The Bertz CT molecular complexity index is 302. The first-order valence-electron chi connectivity index (χ1n) is 6.62. The van der Waals surface area contributed by atoms with E-state index in [2.05, 4.69) is 11.9 Å². The van der Waals surface area contributed by atoms with Crippen molar-refractivity contribution in [1.29, 1.82) is 0 Å². The van der Waals surface area contributed by atoms with Gasteiger partial charge in [0.05, 0.1) is 0 Å². The van der Waals surface area contributed by atoms with Crippen LogP contribution < -0.4 is 0 Å². The van der Waals surface area contributed by atoms with Gasteiger partial charge >= 0.3 is 0 Å². The lowest BCUT2D eigenvalue weighted by atomic mass is 10.1. The summed E-state index contributed by atoms with van der Waals surface area (Å²) in [6.07, 6.45) is 1.68. The molecule has 18 heavy (non-hydrogen) atoms. The fraction of sp³-hybridized carbons (Fsp3) is 0.846. The Morgan fingerprint density at radius 2 is 1.94 bits per heavy atom. The maximum Gasteiger partial charge on any atom is 0.222 e. The van der Waals surface area contributed by atoms with Gasteiger partial charge in [0.2, 0.25) is 5.91 Å². The van der Waals surface area contributed by atoms with Crippen LogP contribution in [0.2, 0.25) is 0 Å². The maximum atomic E-state index is 11.7. The smallest absolute Gasteiger partial charge is 0.222 e. The van der Waals surface area contributed by atoms with Crippen molar-refractivity contribution in [1.82, 2.24) is 14.7 Å². The van der Waals surface area contributed by atoms with Crippen molar-refractivity contribution < 1.29 is 4.79 Å². The number of guanidine groups is 1. The highest BCUT2D eigenvalue weighted by molar-refractivity contribution is 5.80. The second-order valence-electron chi connectivity index (χ2n) is 5.34. The van der Waals surface area contributed by atoms with E-state index in [-0.39, 0.29) is 5.91 Å². The molecule has 0 N–H and O–H groups in total. The van der Waals surface area contributed by atoms with Crippen molar-refractivity contribution in [2.24, 2.45) is 10.9 Å². The average molecular weight is 254 g/mol. The van der Waals surface area contributed by atoms with Crippen LogP contribution in [-0.2, 0) is 4.79 Å². The molecule has 1 aliphatic heterocycles. The van der Waals surface area contributed by atoms with Crippen molar-refractivity contribution in [3.05, 3.63) is 0 Å². The molecule has 1 rings (SSSR count). The van der Waals surface area contributed by atoms with Gasteiger partial charge in [0.15, 0.2) is 5.96 Å². The molecule has 0 bridgehead atoms. The molecule has 1 unspecified atom stereocenters. The van der Waals surface area contributed by atoms with Gasteiger partial charge in [0.25, 0.3) is 0 Å². The molecule has 0 spiro atoms. The molecule has 1 aliphatic rings. The molecule has 0 saturated carbocycles. The molecule has 1 atom stereocenters. The van der Waals surface area contributed by atoms with Gasteiger partial charge in [-0.3, -0.25) is 9.79 Å². The minimum atomic E-state index is 0.285. The standard InChI is InChI=1S/C13H26N4O/c1-6-7-17-10-11(8-12(17)18)9-14-13(15(2)3)16(4)5/h11H,6-10H2,1-5H3. The van der Waals surface area contributed by atoms with Gasteiger partial charge in [0, 0.05) is 60.2 Å². The van der Waals surface area contributed by atoms with Crippen LogP contribution in [0.1, 0.15) is 19.8 Å². The predicted octanol–water partition coefficient (Wildman–Crippen LogP) is 0.724. The SMILES string of the molecule is CCCN1CC(CN=C(N(C)C)N(C)C)CC1=O. The number of carbonyl (C=O) groups excluding carboxylic acids is 1. The summed E-state index contributed by atoms with van der Waals surface area (Å²) >= 11 is 0. The van der Waals surface area contributed by atoms with Crippen molar-refractivity contribution >= 4 is 11.9 Å². The number of aliphatic imine (C=N–C) groups is 1. The van der Waals surface area contributed by atoms with E-state index >= 15 is 0 Å². The van der Waals surface area contributed by atoms with E-state index in [9.17, 15) is 4.79 Å². The Balaban J connectivity index is 2.54. The van der Waals surface area contributed by atoms with Gasteiger partial charge in [-0.1, -0.05) is 6.92 Å². The van der Waals surface area contributed by atoms with Gasteiger partial charge in [0.1, 0.15) is 0 Å². The third-order valence-electron chi connectivity index (χ3n) is 3.08. The van der Waals surface area contributed by atoms with Crippen LogP contribution >= 0.6 is 0 Å². The number of rotatable bonds is 4. The molecule has 0 aromatic carbocycles. The summed E-state index contributed by atoms with van der Waals surface area (Å²) < 4.78 is 0. The predicted molar refractivity (Wildman–Crippen MR) is 74.7 cm³/mol. The van der Waals surface area contributed by atoms with Crippen LogP contribution in [0.15, 0.2) is 4.99 Å². The Morgan fingerprint density at radius 1 is 1.33 bits per heavy atom. The molecule has 1 amide bonds. The lowest BCUT2D eigenvalue weighted by molar-refractivity contribution is -0.127. The summed E-state index contributed by atoms with van der Waals surface area (Å²) in [4.78, 5) is 22.3. The Kier molecular flexibility index (Phi) is 5.44. The van der Waals surface area contributed by atoms with Crippen molar-refractivity contribution in [2.45, 2.75) is 19.8 Å². The van der Waals surface area contributed by atoms with Crippen LogP contribution in [0.3, 0.4) is 0 Å². The molecular formula is C13H26N4O. The van der Waals surface area contributed by atoms with E-state index in [0.717, 1.165) is 32.0 Å². The summed E-state index contributed by atoms with van der Waals surface area (Å²) in [5.41, 5.74) is 0. The lowest BCUT2D eigenvalue weighted by Gasteiger charge is -2.23. The van der Waals surface area contributed by atoms with Crippen molar-refractivity contribution in [3.63, 3.8) is 0 Å². The molecule has 0 radical (unpaired) electrons. The monoisotopic (exact) mass is 254 g/mol. The summed E-state index contributed by atoms with van der Waals surface area (Å²) in [7, 11) is 7.95. The fourth-order valence-corrected chi connectivity index (χ4v) is 2.36. The molecule has 1 saturated heterocycles. The lowest BCUT2D eigenvalue weighted by Crippen LogP contribution is -2.36. The van der Waals surface area contributed by atoms with Crippen LogP contribution in [0.5, 0.6) is 0 Å². The van der Waals surface area contributed by atoms with E-state index in [1.54, 1.807) is 0 Å². The zero-order valence-corrected chi connectivity index (χ0v) is 12.3. The van der Waals surface area contributed by atoms with E-state index in [0.29, 0.717) is 12.3 Å². The molecule has 104 valence electrons. The zero-order valence-electron chi connectivity index (χ0n) is 12.3. The summed E-state index contributed by atoms with van der Waals surface area (Å²) in [6.45, 7) is 4.59. The number of hydrogen-bond acceptors (Lipinski definition) is 2. The number of nitrogens with zero attached hydrogens (tertiary/aromatic N) is 4. The minimum absolute atomic E-state index is 0.285. The molecule has 0 aromatic heterocycles. The van der Waals surface area contributed by atoms with Crippen LogP contribution in [0, 0.1) is 5.92 Å². The fourth-order valence-electron chi connectivity index (χ4n) is 2.36. The third kappa shape index (κ3) is 3.89. The first-order chi connectivity index (χ1) is 8.45. The normalized spacial score (nSPS) is 19.1. The largest absolute Gasteiger partial charge is 0.349 e. The highest BCUT2D eigenvalue weighted by Gasteiger charge is 2.28. The highest BCUT2D eigenvalue weighted by atomic mass is 16.2. The Hall–Kier alpha value is -1.26. The summed E-state index contributed by atoms with van der Waals surface area (Å²) in [5, 5.41) is 0. The van der Waals surface area contributed by atoms with Gasteiger partial charge in [-0.05, 0) is 6.42 Å². The third-order valence-corrected chi connectivity index (χ3v) is 3.08. The first kappa shape index (κ1) is 14.8. The van der Waals surface area contributed by atoms with E-state index in [1.807, 2.05) is 42.9 Å². The molecular weight excluding hydrogens is 228 g/mol. The second kappa shape index (κ2) is 6.61. The number of amides is 1. The summed E-state index contributed by atoms with van der Waals surface area (Å²) in [6, 6.07) is 0. The highest BCUT2D eigenvalue weighted by Crippen LogP contribution is 2.18. The number of hydrogen-bond donors (Lipinski definition) is 0. The maximum absolute atomic E-state index is 11.7. The van der Waals surface area contributed by atoms with Gasteiger partial charge in [-0.2, -0.15) is 0 Å². The average Bonchev–Trinajstić information content (AvgIpc) is 2.59. The second-order valence-corrected chi connectivity index (χ2v) is 5.34. The van der Waals surface area contributed by atoms with E-state index < -0.39 is 0 Å². The van der Waals surface area contributed by atoms with E-state index in [4.69, 9.17) is 0 Å². The van der Waals surface area contributed by atoms with Gasteiger partial charge in [-0.15, -0.1) is 0 Å². The molecule has 0 aliphatic carbocycles. The number of likely N-dealkylation sites (tertiary alicyclic amines) is 1. The molecule has 0 aromatic rings. The van der Waals surface area contributed by atoms with Crippen molar-refractivity contribution in [3.8, 4) is 0 Å².